The molecule has 5 nitrogen and oxygen atoms in total. The molecule has 0 radical (unpaired) electrons. The van der Waals surface area contributed by atoms with Gasteiger partial charge in [0.1, 0.15) is 12.4 Å². The molecule has 1 atom stereocenters. The SMILES string of the molecule is CN1c2ccc(C(=O)O)cc2OCC1CCCO. The van der Waals surface area contributed by atoms with Crippen molar-refractivity contribution in [2.75, 3.05) is 25.2 Å². The molecule has 18 heavy (non-hydrogen) atoms. The van der Waals surface area contributed by atoms with Gasteiger partial charge >= 0.3 is 5.97 Å². The fraction of sp³-hybridized carbons (Fsp3) is 0.462. The highest BCUT2D eigenvalue weighted by molar-refractivity contribution is 5.89. The number of aromatic carboxylic acids is 1. The van der Waals surface area contributed by atoms with Gasteiger partial charge in [0.25, 0.3) is 0 Å². The zero-order chi connectivity index (χ0) is 13.1. The number of anilines is 1. The summed E-state index contributed by atoms with van der Waals surface area (Å²) in [6.45, 7) is 0.696. The third-order valence-corrected chi connectivity index (χ3v) is 3.26. The van der Waals surface area contributed by atoms with Crippen LogP contribution in [0.2, 0.25) is 0 Å². The third kappa shape index (κ3) is 2.41. The van der Waals surface area contributed by atoms with Crippen LogP contribution >= 0.6 is 0 Å². The number of carboxylic acid groups (broad SMARTS) is 1. The predicted octanol–water partition coefficient (Wildman–Crippen LogP) is 1.35. The molecule has 0 fully saturated rings. The van der Waals surface area contributed by atoms with Gasteiger partial charge < -0.3 is 19.8 Å². The van der Waals surface area contributed by atoms with Gasteiger partial charge in [-0.25, -0.2) is 4.79 Å². The second kappa shape index (κ2) is 5.27. The number of carboxylic acids is 1. The summed E-state index contributed by atoms with van der Waals surface area (Å²) in [5, 5.41) is 17.8. The van der Waals surface area contributed by atoms with Gasteiger partial charge in [-0.15, -0.1) is 0 Å². The summed E-state index contributed by atoms with van der Waals surface area (Å²) in [7, 11) is 1.96. The second-order valence-corrected chi connectivity index (χ2v) is 4.43. The van der Waals surface area contributed by atoms with Crippen LogP contribution in [0.5, 0.6) is 5.75 Å². The molecule has 98 valence electrons. The van der Waals surface area contributed by atoms with Crippen LogP contribution in [0, 0.1) is 0 Å². The number of nitrogens with zero attached hydrogens (tertiary/aromatic N) is 1. The molecule has 1 aromatic rings. The average molecular weight is 251 g/mol. The molecule has 0 aliphatic carbocycles. The van der Waals surface area contributed by atoms with Gasteiger partial charge in [-0.1, -0.05) is 0 Å². The highest BCUT2D eigenvalue weighted by Gasteiger charge is 2.25. The first kappa shape index (κ1) is 12.7. The highest BCUT2D eigenvalue weighted by atomic mass is 16.5. The maximum Gasteiger partial charge on any atom is 0.335 e. The largest absolute Gasteiger partial charge is 0.489 e. The molecule has 0 amide bonds. The number of aliphatic hydroxyl groups excluding tert-OH is 1. The fourth-order valence-corrected chi connectivity index (χ4v) is 2.15. The summed E-state index contributed by atoms with van der Waals surface area (Å²) in [4.78, 5) is 13.0. The van der Waals surface area contributed by atoms with Crippen molar-refractivity contribution in [1.29, 1.82) is 0 Å². The molecule has 1 unspecified atom stereocenters. The number of benzene rings is 1. The predicted molar refractivity (Wildman–Crippen MR) is 67.4 cm³/mol. The molecule has 1 aliphatic rings. The number of likely N-dealkylation sites (N-methyl/N-ethyl adjacent to an activating group) is 1. The minimum absolute atomic E-state index is 0.176. The van der Waals surface area contributed by atoms with Crippen molar-refractivity contribution in [2.24, 2.45) is 0 Å². The number of rotatable bonds is 4. The van der Waals surface area contributed by atoms with E-state index in [1.807, 2.05) is 7.05 Å². The maximum absolute atomic E-state index is 10.9. The Labute approximate surface area is 106 Å². The van der Waals surface area contributed by atoms with Gasteiger partial charge in [0.2, 0.25) is 0 Å². The second-order valence-electron chi connectivity index (χ2n) is 4.43. The first-order chi connectivity index (χ1) is 8.63. The summed E-state index contributed by atoms with van der Waals surface area (Å²) in [6, 6.07) is 5.12. The van der Waals surface area contributed by atoms with Crippen molar-refractivity contribution < 1.29 is 19.7 Å². The molecule has 0 saturated carbocycles. The molecular formula is C13H17NO4. The van der Waals surface area contributed by atoms with Gasteiger partial charge in [0.05, 0.1) is 17.3 Å². The van der Waals surface area contributed by atoms with Crippen molar-refractivity contribution in [3.05, 3.63) is 23.8 Å². The normalized spacial score (nSPS) is 18.1. The Balaban J connectivity index is 2.20. The molecule has 1 heterocycles. The molecular weight excluding hydrogens is 234 g/mol. The Hall–Kier alpha value is -1.75. The lowest BCUT2D eigenvalue weighted by Gasteiger charge is -2.36. The van der Waals surface area contributed by atoms with Crippen molar-refractivity contribution in [3.8, 4) is 5.75 Å². The molecule has 0 spiro atoms. The van der Waals surface area contributed by atoms with Gasteiger partial charge in [0.15, 0.2) is 0 Å². The highest BCUT2D eigenvalue weighted by Crippen LogP contribution is 2.34. The zero-order valence-electron chi connectivity index (χ0n) is 10.3. The summed E-state index contributed by atoms with van der Waals surface area (Å²) >= 11 is 0. The molecule has 2 N–H and O–H groups in total. The van der Waals surface area contributed by atoms with E-state index in [0.717, 1.165) is 18.5 Å². The molecule has 1 aromatic carbocycles. The number of aliphatic hydroxyl groups is 1. The smallest absolute Gasteiger partial charge is 0.335 e. The van der Waals surface area contributed by atoms with Crippen molar-refractivity contribution in [1.82, 2.24) is 0 Å². The van der Waals surface area contributed by atoms with Crippen molar-refractivity contribution >= 4 is 11.7 Å². The Morgan fingerprint density at radius 1 is 1.56 bits per heavy atom. The summed E-state index contributed by atoms with van der Waals surface area (Å²) in [5.74, 6) is -0.343. The van der Waals surface area contributed by atoms with E-state index in [-0.39, 0.29) is 18.2 Å². The Morgan fingerprint density at radius 2 is 2.33 bits per heavy atom. The molecule has 0 saturated heterocycles. The topological polar surface area (TPSA) is 70.0 Å². The van der Waals surface area contributed by atoms with Gasteiger partial charge in [-0.3, -0.25) is 0 Å². The van der Waals surface area contributed by atoms with E-state index in [1.165, 1.54) is 0 Å². The van der Waals surface area contributed by atoms with Crippen LogP contribution in [0.3, 0.4) is 0 Å². The maximum atomic E-state index is 10.9. The lowest BCUT2D eigenvalue weighted by Crippen LogP contribution is -2.40. The van der Waals surface area contributed by atoms with E-state index in [9.17, 15) is 4.79 Å². The molecule has 1 aliphatic heterocycles. The fourth-order valence-electron chi connectivity index (χ4n) is 2.15. The van der Waals surface area contributed by atoms with Crippen LogP contribution in [0.25, 0.3) is 0 Å². The van der Waals surface area contributed by atoms with E-state index < -0.39 is 5.97 Å². The summed E-state index contributed by atoms with van der Waals surface area (Å²) in [5.41, 5.74) is 1.13. The average Bonchev–Trinajstić information content (AvgIpc) is 2.37. The molecule has 0 bridgehead atoms. The third-order valence-electron chi connectivity index (χ3n) is 3.26. The van der Waals surface area contributed by atoms with Crippen LogP contribution in [0.15, 0.2) is 18.2 Å². The molecule has 5 heteroatoms. The van der Waals surface area contributed by atoms with Crippen molar-refractivity contribution in [3.63, 3.8) is 0 Å². The standard InChI is InChI=1S/C13H17NO4/c1-14-10(3-2-6-15)8-18-12-7-9(13(16)17)4-5-11(12)14/h4-5,7,10,15H,2-3,6,8H2,1H3,(H,16,17). The van der Waals surface area contributed by atoms with Crippen LogP contribution in [-0.4, -0.2) is 42.5 Å². The number of carbonyl (C=O) groups is 1. The van der Waals surface area contributed by atoms with Crippen LogP contribution in [0.4, 0.5) is 5.69 Å². The van der Waals surface area contributed by atoms with Gasteiger partial charge in [-0.05, 0) is 31.0 Å². The van der Waals surface area contributed by atoms with Crippen molar-refractivity contribution in [2.45, 2.75) is 18.9 Å². The number of fused-ring (bicyclic) bond motifs is 1. The van der Waals surface area contributed by atoms with E-state index >= 15 is 0 Å². The number of hydrogen-bond acceptors (Lipinski definition) is 4. The van der Waals surface area contributed by atoms with Crippen LogP contribution in [0.1, 0.15) is 23.2 Å². The molecule has 2 rings (SSSR count). The van der Waals surface area contributed by atoms with Crippen LogP contribution < -0.4 is 9.64 Å². The first-order valence-electron chi connectivity index (χ1n) is 5.97. The van der Waals surface area contributed by atoms with Gasteiger partial charge in [-0.2, -0.15) is 0 Å². The van der Waals surface area contributed by atoms with E-state index in [2.05, 4.69) is 4.90 Å². The minimum Gasteiger partial charge on any atom is -0.489 e. The Kier molecular flexibility index (Phi) is 3.72. The quantitative estimate of drug-likeness (QED) is 0.845. The summed E-state index contributed by atoms with van der Waals surface area (Å²) in [6.07, 6.45) is 1.59. The Morgan fingerprint density at radius 3 is 3.00 bits per heavy atom. The van der Waals surface area contributed by atoms with Crippen LogP contribution in [-0.2, 0) is 0 Å². The minimum atomic E-state index is -0.952. The van der Waals surface area contributed by atoms with Gasteiger partial charge in [0, 0.05) is 13.7 Å². The zero-order valence-corrected chi connectivity index (χ0v) is 10.3. The number of hydrogen-bond donors (Lipinski definition) is 2. The lowest BCUT2D eigenvalue weighted by molar-refractivity contribution is 0.0696. The van der Waals surface area contributed by atoms with E-state index in [1.54, 1.807) is 18.2 Å². The lowest BCUT2D eigenvalue weighted by atomic mass is 10.1. The molecule has 0 aromatic heterocycles. The monoisotopic (exact) mass is 251 g/mol. The number of ether oxygens (including phenoxy) is 1. The van der Waals surface area contributed by atoms with E-state index in [4.69, 9.17) is 14.9 Å². The first-order valence-corrected chi connectivity index (χ1v) is 5.97. The van der Waals surface area contributed by atoms with E-state index in [0.29, 0.717) is 12.4 Å². The summed E-state index contributed by atoms with van der Waals surface area (Å²) < 4.78 is 5.61. The Bertz CT molecular complexity index is 447.